The van der Waals surface area contributed by atoms with Crippen LogP contribution < -0.4 is 10.6 Å². The minimum Gasteiger partial charge on any atom is -0.332 e. The van der Waals surface area contributed by atoms with E-state index in [2.05, 4.69) is 34.9 Å². The largest absolute Gasteiger partial charge is 0.332 e. The molecule has 0 aliphatic carbocycles. The van der Waals surface area contributed by atoms with Crippen LogP contribution in [-0.4, -0.2) is 10.9 Å². The van der Waals surface area contributed by atoms with Crippen molar-refractivity contribution in [1.29, 1.82) is 0 Å². The molecule has 3 rings (SSSR count). The lowest BCUT2D eigenvalue weighted by molar-refractivity contribution is 0.101. The van der Waals surface area contributed by atoms with Crippen LogP contribution in [0.4, 0.5) is 11.4 Å². The number of ketones is 1. The molecule has 0 bridgehead atoms. The van der Waals surface area contributed by atoms with Gasteiger partial charge in [-0.3, -0.25) is 4.79 Å². The number of hydrogen-bond acceptors (Lipinski definition) is 2. The number of carbonyl (C=O) groups is 1. The zero-order valence-electron chi connectivity index (χ0n) is 12.7. The maximum absolute atomic E-state index is 11.4. The van der Waals surface area contributed by atoms with E-state index >= 15 is 0 Å². The van der Waals surface area contributed by atoms with E-state index in [0.29, 0.717) is 10.7 Å². The molecule has 0 spiro atoms. The molecule has 3 aromatic rings. The smallest absolute Gasteiger partial charge is 0.175 e. The molecule has 0 radical (unpaired) electrons. The molecule has 0 heterocycles. The Balaban J connectivity index is 1.73. The van der Waals surface area contributed by atoms with E-state index in [1.165, 1.54) is 5.39 Å². The highest BCUT2D eigenvalue weighted by molar-refractivity contribution is 7.80. The molecule has 23 heavy (non-hydrogen) atoms. The first-order chi connectivity index (χ1) is 11.1. The lowest BCUT2D eigenvalue weighted by Gasteiger charge is -2.12. The van der Waals surface area contributed by atoms with E-state index in [9.17, 15) is 4.79 Å². The molecule has 2 N–H and O–H groups in total. The summed E-state index contributed by atoms with van der Waals surface area (Å²) in [6.45, 7) is 1.55. The second-order valence-electron chi connectivity index (χ2n) is 5.28. The van der Waals surface area contributed by atoms with Crippen LogP contribution in [0.25, 0.3) is 10.8 Å². The van der Waals surface area contributed by atoms with E-state index in [0.717, 1.165) is 16.8 Å². The van der Waals surface area contributed by atoms with Crippen molar-refractivity contribution < 1.29 is 4.79 Å². The second-order valence-corrected chi connectivity index (χ2v) is 5.69. The molecule has 0 saturated heterocycles. The lowest BCUT2D eigenvalue weighted by Crippen LogP contribution is -2.19. The molecule has 3 aromatic carbocycles. The Morgan fingerprint density at radius 1 is 0.826 bits per heavy atom. The summed E-state index contributed by atoms with van der Waals surface area (Å²) in [7, 11) is 0. The first-order valence-electron chi connectivity index (χ1n) is 7.29. The number of rotatable bonds is 3. The zero-order valence-corrected chi connectivity index (χ0v) is 13.5. The van der Waals surface area contributed by atoms with Crippen LogP contribution in [0.15, 0.2) is 66.7 Å². The number of hydrogen-bond donors (Lipinski definition) is 2. The third kappa shape index (κ3) is 3.73. The summed E-state index contributed by atoms with van der Waals surface area (Å²) in [5, 5.41) is 9.09. The SMILES string of the molecule is CC(=O)c1cccc(NC(=S)Nc2ccc3ccccc3c2)c1. The molecule has 0 amide bonds. The number of anilines is 2. The van der Waals surface area contributed by atoms with Crippen LogP contribution >= 0.6 is 12.2 Å². The van der Waals surface area contributed by atoms with Gasteiger partial charge in [0, 0.05) is 16.9 Å². The molecule has 0 aromatic heterocycles. The molecule has 0 atom stereocenters. The third-order valence-electron chi connectivity index (χ3n) is 3.53. The van der Waals surface area contributed by atoms with E-state index in [-0.39, 0.29) is 5.78 Å². The molecular formula is C19H16N2OS. The van der Waals surface area contributed by atoms with Crippen LogP contribution in [0.2, 0.25) is 0 Å². The van der Waals surface area contributed by atoms with Crippen molar-refractivity contribution in [2.24, 2.45) is 0 Å². The molecule has 0 saturated carbocycles. The molecule has 4 heteroatoms. The molecule has 0 aliphatic heterocycles. The van der Waals surface area contributed by atoms with Gasteiger partial charge in [-0.15, -0.1) is 0 Å². The number of carbonyl (C=O) groups excluding carboxylic acids is 1. The van der Waals surface area contributed by atoms with Gasteiger partial charge in [-0.1, -0.05) is 42.5 Å². The van der Waals surface area contributed by atoms with Gasteiger partial charge in [0.05, 0.1) is 0 Å². The fourth-order valence-corrected chi connectivity index (χ4v) is 2.61. The van der Waals surface area contributed by atoms with Gasteiger partial charge in [-0.05, 0) is 54.2 Å². The summed E-state index contributed by atoms with van der Waals surface area (Å²) in [5.74, 6) is 0.0297. The molecule has 0 aliphatic rings. The van der Waals surface area contributed by atoms with Gasteiger partial charge in [0.2, 0.25) is 0 Å². The first kappa shape index (κ1) is 15.2. The Morgan fingerprint density at radius 2 is 1.52 bits per heavy atom. The normalized spacial score (nSPS) is 10.3. The monoisotopic (exact) mass is 320 g/mol. The topological polar surface area (TPSA) is 41.1 Å². The van der Waals surface area contributed by atoms with Gasteiger partial charge in [-0.2, -0.15) is 0 Å². The van der Waals surface area contributed by atoms with E-state index in [4.69, 9.17) is 12.2 Å². The summed E-state index contributed by atoms with van der Waals surface area (Å²) >= 11 is 5.34. The predicted octanol–water partition coefficient (Wildman–Crippen LogP) is 4.85. The number of thiocarbonyl (C=S) groups is 1. The van der Waals surface area contributed by atoms with E-state index < -0.39 is 0 Å². The van der Waals surface area contributed by atoms with Crippen molar-refractivity contribution in [3.05, 3.63) is 72.3 Å². The second kappa shape index (κ2) is 6.58. The number of benzene rings is 3. The fraction of sp³-hybridized carbons (Fsp3) is 0.0526. The average molecular weight is 320 g/mol. The zero-order chi connectivity index (χ0) is 16.2. The molecule has 114 valence electrons. The van der Waals surface area contributed by atoms with Gasteiger partial charge in [-0.25, -0.2) is 0 Å². The van der Waals surface area contributed by atoms with E-state index in [1.54, 1.807) is 19.1 Å². The third-order valence-corrected chi connectivity index (χ3v) is 3.74. The average Bonchev–Trinajstić information content (AvgIpc) is 2.55. The Hall–Kier alpha value is -2.72. The van der Waals surface area contributed by atoms with Gasteiger partial charge in [0.25, 0.3) is 0 Å². The minimum atomic E-state index is 0.0297. The first-order valence-corrected chi connectivity index (χ1v) is 7.70. The maximum atomic E-state index is 11.4. The molecule has 3 nitrogen and oxygen atoms in total. The highest BCUT2D eigenvalue weighted by Crippen LogP contribution is 2.19. The van der Waals surface area contributed by atoms with Gasteiger partial charge < -0.3 is 10.6 Å². The molecule has 0 unspecified atom stereocenters. The van der Waals surface area contributed by atoms with Crippen molar-refractivity contribution >= 4 is 45.3 Å². The van der Waals surface area contributed by atoms with Crippen molar-refractivity contribution in [3.8, 4) is 0 Å². The highest BCUT2D eigenvalue weighted by Gasteiger charge is 2.03. The quantitative estimate of drug-likeness (QED) is 0.534. The van der Waals surface area contributed by atoms with Crippen molar-refractivity contribution in [2.75, 3.05) is 10.6 Å². The summed E-state index contributed by atoms with van der Waals surface area (Å²) in [4.78, 5) is 11.4. The highest BCUT2D eigenvalue weighted by atomic mass is 32.1. The summed E-state index contributed by atoms with van der Waals surface area (Å²) in [6, 6.07) is 21.5. The van der Waals surface area contributed by atoms with Gasteiger partial charge >= 0.3 is 0 Å². The maximum Gasteiger partial charge on any atom is 0.175 e. The Morgan fingerprint density at radius 3 is 2.26 bits per heavy atom. The van der Waals surface area contributed by atoms with E-state index in [1.807, 2.05) is 30.3 Å². The van der Waals surface area contributed by atoms with Crippen molar-refractivity contribution in [1.82, 2.24) is 0 Å². The predicted molar refractivity (Wildman–Crippen MR) is 100 cm³/mol. The Kier molecular flexibility index (Phi) is 4.35. The molecular weight excluding hydrogens is 304 g/mol. The Bertz CT molecular complexity index is 889. The van der Waals surface area contributed by atoms with Crippen molar-refractivity contribution in [2.45, 2.75) is 6.92 Å². The summed E-state index contributed by atoms with van der Waals surface area (Å²) < 4.78 is 0. The van der Waals surface area contributed by atoms with Crippen LogP contribution in [-0.2, 0) is 0 Å². The molecule has 0 fully saturated rings. The standard InChI is InChI=1S/C19H16N2OS/c1-13(22)15-7-4-8-17(11-15)20-19(23)21-18-10-9-14-5-2-3-6-16(14)12-18/h2-12H,1H3,(H2,20,21,23). The van der Waals surface area contributed by atoms with Crippen LogP contribution in [0.5, 0.6) is 0 Å². The fourth-order valence-electron chi connectivity index (χ4n) is 2.38. The lowest BCUT2D eigenvalue weighted by atomic mass is 10.1. The summed E-state index contributed by atoms with van der Waals surface area (Å²) in [6.07, 6.45) is 0. The van der Waals surface area contributed by atoms with Gasteiger partial charge in [0.15, 0.2) is 10.9 Å². The van der Waals surface area contributed by atoms with Crippen LogP contribution in [0.1, 0.15) is 17.3 Å². The number of nitrogens with one attached hydrogen (secondary N) is 2. The number of Topliss-reactive ketones (excluding diaryl/α,β-unsaturated/α-hetero) is 1. The van der Waals surface area contributed by atoms with Crippen LogP contribution in [0.3, 0.4) is 0 Å². The van der Waals surface area contributed by atoms with Gasteiger partial charge in [0.1, 0.15) is 0 Å². The summed E-state index contributed by atoms with van der Waals surface area (Å²) in [5.41, 5.74) is 2.36. The van der Waals surface area contributed by atoms with Crippen LogP contribution in [0, 0.1) is 0 Å². The van der Waals surface area contributed by atoms with Crippen molar-refractivity contribution in [3.63, 3.8) is 0 Å². The Labute approximate surface area is 140 Å². The minimum absolute atomic E-state index is 0.0297. The number of fused-ring (bicyclic) bond motifs is 1.